The van der Waals surface area contributed by atoms with E-state index < -0.39 is 17.5 Å². The standard InChI is InChI=1S/C28H32N2O5/c31-25(32)15-24(18-7-5-8-18)30-26(33)28(13-6-14-28)17-29-27(34)35-16-23-21-11-3-1-9-19(21)20-10-2-4-12-22(20)23/h1-4,9-12,18,23-24H,5-8,13-17H2,(H,29,34)(H,30,33)(H,31,32). The molecule has 2 aromatic rings. The smallest absolute Gasteiger partial charge is 0.407 e. The summed E-state index contributed by atoms with van der Waals surface area (Å²) in [6.45, 7) is 0.418. The Morgan fingerprint density at radius 3 is 2.11 bits per heavy atom. The zero-order valence-corrected chi connectivity index (χ0v) is 19.8. The van der Waals surface area contributed by atoms with Gasteiger partial charge in [0, 0.05) is 18.5 Å². The maximum atomic E-state index is 13.1. The molecular formula is C28H32N2O5. The van der Waals surface area contributed by atoms with Gasteiger partial charge in [-0.3, -0.25) is 9.59 Å². The molecule has 5 rings (SSSR count). The number of fused-ring (bicyclic) bond motifs is 3. The fraction of sp³-hybridized carbons (Fsp3) is 0.464. The molecule has 0 heterocycles. The number of ether oxygens (including phenoxy) is 1. The SMILES string of the molecule is O=C(O)CC(NC(=O)C1(CNC(=O)OCC2c3ccccc3-c3ccccc32)CCC1)C1CCC1. The van der Waals surface area contributed by atoms with Crippen molar-refractivity contribution in [2.45, 2.75) is 56.9 Å². The lowest BCUT2D eigenvalue weighted by Crippen LogP contribution is -2.56. The van der Waals surface area contributed by atoms with Gasteiger partial charge in [0.1, 0.15) is 6.61 Å². The largest absolute Gasteiger partial charge is 0.481 e. The zero-order chi connectivity index (χ0) is 24.4. The number of rotatable bonds is 9. The van der Waals surface area contributed by atoms with Gasteiger partial charge < -0.3 is 20.5 Å². The van der Waals surface area contributed by atoms with Crippen LogP contribution in [-0.4, -0.2) is 42.3 Å². The number of amides is 2. The number of nitrogens with one attached hydrogen (secondary N) is 2. The highest BCUT2D eigenvalue weighted by atomic mass is 16.5. The number of aliphatic carboxylic acids is 1. The van der Waals surface area contributed by atoms with Crippen LogP contribution in [0.1, 0.15) is 62.0 Å². The molecule has 7 heteroatoms. The first-order valence-electron chi connectivity index (χ1n) is 12.6. The van der Waals surface area contributed by atoms with Gasteiger partial charge in [-0.25, -0.2) is 4.79 Å². The van der Waals surface area contributed by atoms with E-state index >= 15 is 0 Å². The molecule has 1 unspecified atom stereocenters. The lowest BCUT2D eigenvalue weighted by molar-refractivity contribution is -0.140. The molecule has 0 spiro atoms. The van der Waals surface area contributed by atoms with Crippen LogP contribution in [0.4, 0.5) is 4.79 Å². The number of carboxylic acids is 1. The van der Waals surface area contributed by atoms with Crippen LogP contribution in [0.5, 0.6) is 0 Å². The van der Waals surface area contributed by atoms with E-state index in [1.807, 2.05) is 24.3 Å². The van der Waals surface area contributed by atoms with Gasteiger partial charge in [0.25, 0.3) is 0 Å². The second kappa shape index (κ2) is 9.72. The fourth-order valence-electron chi connectivity index (χ4n) is 5.67. The highest BCUT2D eigenvalue weighted by Crippen LogP contribution is 2.45. The van der Waals surface area contributed by atoms with Gasteiger partial charge in [0.15, 0.2) is 0 Å². The van der Waals surface area contributed by atoms with E-state index in [-0.39, 0.29) is 43.4 Å². The van der Waals surface area contributed by atoms with E-state index in [2.05, 4.69) is 34.9 Å². The van der Waals surface area contributed by atoms with E-state index in [1.54, 1.807) is 0 Å². The quantitative estimate of drug-likeness (QED) is 0.496. The number of benzene rings is 2. The maximum absolute atomic E-state index is 13.1. The fourth-order valence-corrected chi connectivity index (χ4v) is 5.67. The Kier molecular flexibility index (Phi) is 6.50. The first kappa shape index (κ1) is 23.4. The molecule has 0 aromatic heterocycles. The third-order valence-corrected chi connectivity index (χ3v) is 8.14. The summed E-state index contributed by atoms with van der Waals surface area (Å²) < 4.78 is 5.62. The van der Waals surface area contributed by atoms with Crippen LogP contribution in [0.3, 0.4) is 0 Å². The number of carboxylic acid groups (broad SMARTS) is 1. The molecule has 7 nitrogen and oxygen atoms in total. The predicted molar refractivity (Wildman–Crippen MR) is 131 cm³/mol. The van der Waals surface area contributed by atoms with E-state index in [9.17, 15) is 19.5 Å². The van der Waals surface area contributed by atoms with Crippen LogP contribution in [-0.2, 0) is 14.3 Å². The molecule has 0 aliphatic heterocycles. The molecule has 35 heavy (non-hydrogen) atoms. The first-order valence-corrected chi connectivity index (χ1v) is 12.6. The Hall–Kier alpha value is -3.35. The van der Waals surface area contributed by atoms with Crippen molar-refractivity contribution in [3.8, 4) is 11.1 Å². The van der Waals surface area contributed by atoms with E-state index in [4.69, 9.17) is 4.74 Å². The van der Waals surface area contributed by atoms with Gasteiger partial charge in [-0.05, 0) is 53.9 Å². The molecule has 2 fully saturated rings. The minimum Gasteiger partial charge on any atom is -0.481 e. The van der Waals surface area contributed by atoms with E-state index in [0.717, 1.165) is 36.8 Å². The molecule has 0 radical (unpaired) electrons. The summed E-state index contributed by atoms with van der Waals surface area (Å²) in [5.74, 6) is -0.849. The predicted octanol–water partition coefficient (Wildman–Crippen LogP) is 4.46. The summed E-state index contributed by atoms with van der Waals surface area (Å²) in [6, 6.07) is 16.0. The number of alkyl carbamates (subject to hydrolysis) is 1. The molecular weight excluding hydrogens is 444 g/mol. The Labute approximate surface area is 205 Å². The third-order valence-electron chi connectivity index (χ3n) is 8.14. The van der Waals surface area contributed by atoms with Gasteiger partial charge >= 0.3 is 12.1 Å². The topological polar surface area (TPSA) is 105 Å². The van der Waals surface area contributed by atoms with Gasteiger partial charge in [-0.1, -0.05) is 61.4 Å². The molecule has 0 saturated heterocycles. The molecule has 184 valence electrons. The van der Waals surface area contributed by atoms with Gasteiger partial charge in [0.05, 0.1) is 11.8 Å². The van der Waals surface area contributed by atoms with Crippen molar-refractivity contribution >= 4 is 18.0 Å². The first-order chi connectivity index (χ1) is 17.0. The van der Waals surface area contributed by atoms with Crippen LogP contribution < -0.4 is 10.6 Å². The summed E-state index contributed by atoms with van der Waals surface area (Å²) in [5.41, 5.74) is 3.95. The van der Waals surface area contributed by atoms with Crippen LogP contribution in [0.2, 0.25) is 0 Å². The van der Waals surface area contributed by atoms with Crippen molar-refractivity contribution < 1.29 is 24.2 Å². The van der Waals surface area contributed by atoms with Crippen molar-refractivity contribution in [3.63, 3.8) is 0 Å². The van der Waals surface area contributed by atoms with Crippen molar-refractivity contribution in [3.05, 3.63) is 59.7 Å². The average molecular weight is 477 g/mol. The highest BCUT2D eigenvalue weighted by Gasteiger charge is 2.46. The monoisotopic (exact) mass is 476 g/mol. The van der Waals surface area contributed by atoms with Crippen molar-refractivity contribution in [1.82, 2.24) is 10.6 Å². The molecule has 3 N–H and O–H groups in total. The maximum Gasteiger partial charge on any atom is 0.407 e. The van der Waals surface area contributed by atoms with Crippen molar-refractivity contribution in [2.24, 2.45) is 11.3 Å². The van der Waals surface area contributed by atoms with E-state index in [1.165, 1.54) is 11.1 Å². The lowest BCUT2D eigenvalue weighted by atomic mass is 9.67. The average Bonchev–Trinajstić information content (AvgIpc) is 3.09. The van der Waals surface area contributed by atoms with Gasteiger partial charge in [-0.2, -0.15) is 0 Å². The Balaban J connectivity index is 1.18. The summed E-state index contributed by atoms with van der Waals surface area (Å²) >= 11 is 0. The van der Waals surface area contributed by atoms with Gasteiger partial charge in [-0.15, -0.1) is 0 Å². The minimum atomic E-state index is -0.901. The highest BCUT2D eigenvalue weighted by molar-refractivity contribution is 5.85. The lowest BCUT2D eigenvalue weighted by Gasteiger charge is -2.42. The molecule has 2 aromatic carbocycles. The summed E-state index contributed by atoms with van der Waals surface area (Å²) in [5, 5.41) is 15.1. The summed E-state index contributed by atoms with van der Waals surface area (Å²) in [7, 11) is 0. The Morgan fingerprint density at radius 2 is 1.60 bits per heavy atom. The zero-order valence-electron chi connectivity index (χ0n) is 19.8. The Bertz CT molecular complexity index is 1080. The molecule has 2 amide bonds. The molecule has 3 aliphatic rings. The molecule has 0 bridgehead atoms. The molecule has 1 atom stereocenters. The second-order valence-corrected chi connectivity index (χ2v) is 10.2. The van der Waals surface area contributed by atoms with Crippen LogP contribution in [0, 0.1) is 11.3 Å². The van der Waals surface area contributed by atoms with Crippen LogP contribution in [0.15, 0.2) is 48.5 Å². The van der Waals surface area contributed by atoms with Crippen molar-refractivity contribution in [1.29, 1.82) is 0 Å². The van der Waals surface area contributed by atoms with Crippen molar-refractivity contribution in [2.75, 3.05) is 13.2 Å². The summed E-state index contributed by atoms with van der Waals surface area (Å²) in [6.07, 6.45) is 4.63. The van der Waals surface area contributed by atoms with Gasteiger partial charge in [0.2, 0.25) is 5.91 Å². The molecule has 2 saturated carbocycles. The normalized spacial score (nSPS) is 18.9. The number of hydrogen-bond donors (Lipinski definition) is 3. The minimum absolute atomic E-state index is 0.0200. The molecule has 3 aliphatic carbocycles. The Morgan fingerprint density at radius 1 is 0.971 bits per heavy atom. The number of carbonyl (C=O) groups excluding carboxylic acids is 2. The van der Waals surface area contributed by atoms with Crippen LogP contribution >= 0.6 is 0 Å². The number of carbonyl (C=O) groups is 3. The second-order valence-electron chi connectivity index (χ2n) is 10.2. The third kappa shape index (κ3) is 4.64. The summed E-state index contributed by atoms with van der Waals surface area (Å²) in [4.78, 5) is 37.1. The van der Waals surface area contributed by atoms with E-state index in [0.29, 0.717) is 12.8 Å². The number of hydrogen-bond acceptors (Lipinski definition) is 4. The van der Waals surface area contributed by atoms with Crippen LogP contribution in [0.25, 0.3) is 11.1 Å².